The number of aromatic hydroxyl groups is 1. The van der Waals surface area contributed by atoms with E-state index >= 15 is 0 Å². The van der Waals surface area contributed by atoms with E-state index < -0.39 is 6.04 Å². The third-order valence-corrected chi connectivity index (χ3v) is 5.30. The molecule has 0 radical (unpaired) electrons. The molecule has 5 nitrogen and oxygen atoms in total. The summed E-state index contributed by atoms with van der Waals surface area (Å²) >= 11 is 6.20. The third kappa shape index (κ3) is 2.70. The van der Waals surface area contributed by atoms with Crippen molar-refractivity contribution in [3.8, 4) is 5.75 Å². The number of carbonyl (C=O) groups is 1. The molecule has 1 aromatic heterocycles. The molecule has 1 N–H and O–H groups in total. The molecule has 0 saturated heterocycles. The smallest absolute Gasteiger partial charge is 0.290 e. The molecule has 0 bridgehead atoms. The van der Waals surface area contributed by atoms with Crippen LogP contribution < -0.4 is 5.43 Å². The summed E-state index contributed by atoms with van der Waals surface area (Å²) in [4.78, 5) is 27.9. The van der Waals surface area contributed by atoms with Crippen LogP contribution in [0.2, 0.25) is 5.02 Å². The number of hydrogen-bond donors (Lipinski definition) is 1. The molecule has 0 unspecified atom stereocenters. The van der Waals surface area contributed by atoms with E-state index in [0.29, 0.717) is 33.7 Å². The highest BCUT2D eigenvalue weighted by Gasteiger charge is 2.42. The van der Waals surface area contributed by atoms with E-state index in [1.807, 2.05) is 13.8 Å². The molecule has 0 fully saturated rings. The highest BCUT2D eigenvalue weighted by Crippen LogP contribution is 2.39. The van der Waals surface area contributed by atoms with Crippen LogP contribution in [0.15, 0.2) is 45.6 Å². The second-order valence-electron chi connectivity index (χ2n) is 6.77. The van der Waals surface area contributed by atoms with E-state index in [4.69, 9.17) is 16.0 Å². The molecule has 1 aliphatic heterocycles. The van der Waals surface area contributed by atoms with E-state index in [2.05, 4.69) is 0 Å². The lowest BCUT2D eigenvalue weighted by molar-refractivity contribution is 0.0728. The molecule has 2 aromatic carbocycles. The molecule has 0 saturated carbocycles. The maximum atomic E-state index is 13.3. The summed E-state index contributed by atoms with van der Waals surface area (Å²) in [6.07, 6.45) is 0.730. The Morgan fingerprint density at radius 3 is 2.70 bits per heavy atom. The summed E-state index contributed by atoms with van der Waals surface area (Å²) in [6.45, 7) is 4.25. The van der Waals surface area contributed by atoms with Crippen molar-refractivity contribution in [2.24, 2.45) is 0 Å². The molecule has 0 aliphatic carbocycles. The van der Waals surface area contributed by atoms with Gasteiger partial charge in [-0.15, -0.1) is 0 Å². The summed E-state index contributed by atoms with van der Waals surface area (Å²) < 4.78 is 5.88. The van der Waals surface area contributed by atoms with Gasteiger partial charge < -0.3 is 14.4 Å². The number of phenolic OH excluding ortho intramolecular Hbond substituents is 1. The number of hydrogen-bond acceptors (Lipinski definition) is 4. The summed E-state index contributed by atoms with van der Waals surface area (Å²) in [5.41, 5.74) is 1.81. The van der Waals surface area contributed by atoms with Gasteiger partial charge in [0.25, 0.3) is 5.91 Å². The molecule has 2 heterocycles. The number of nitrogens with zero attached hydrogens (tertiary/aromatic N) is 1. The molecule has 138 valence electrons. The Morgan fingerprint density at radius 2 is 2.00 bits per heavy atom. The largest absolute Gasteiger partial charge is 0.508 e. The van der Waals surface area contributed by atoms with Crippen LogP contribution in [0, 0.1) is 6.92 Å². The van der Waals surface area contributed by atoms with Gasteiger partial charge in [-0.3, -0.25) is 9.59 Å². The Morgan fingerprint density at radius 1 is 1.22 bits per heavy atom. The van der Waals surface area contributed by atoms with Crippen molar-refractivity contribution >= 4 is 28.5 Å². The fraction of sp³-hybridized carbons (Fsp3) is 0.238. The molecule has 6 heteroatoms. The number of phenols is 1. The van der Waals surface area contributed by atoms with Crippen molar-refractivity contribution in [3.05, 3.63) is 74.1 Å². The number of halogens is 1. The van der Waals surface area contributed by atoms with Gasteiger partial charge in [-0.05, 0) is 48.7 Å². The van der Waals surface area contributed by atoms with Crippen LogP contribution in [0.5, 0.6) is 5.75 Å². The Hall–Kier alpha value is -2.79. The first kappa shape index (κ1) is 17.6. The quantitative estimate of drug-likeness (QED) is 0.727. The lowest BCUT2D eigenvalue weighted by Crippen LogP contribution is -2.30. The highest BCUT2D eigenvalue weighted by atomic mass is 35.5. The maximum absolute atomic E-state index is 13.3. The molecule has 4 rings (SSSR count). The highest BCUT2D eigenvalue weighted by molar-refractivity contribution is 6.32. The van der Waals surface area contributed by atoms with Gasteiger partial charge in [0.05, 0.1) is 17.0 Å². The van der Waals surface area contributed by atoms with Gasteiger partial charge in [0.1, 0.15) is 11.3 Å². The Labute approximate surface area is 160 Å². The average molecular weight is 384 g/mol. The third-order valence-electron chi connectivity index (χ3n) is 4.90. The first-order valence-corrected chi connectivity index (χ1v) is 9.17. The van der Waals surface area contributed by atoms with Gasteiger partial charge >= 0.3 is 0 Å². The normalized spacial score (nSPS) is 16.2. The van der Waals surface area contributed by atoms with Gasteiger partial charge in [-0.25, -0.2) is 0 Å². The van der Waals surface area contributed by atoms with Gasteiger partial charge in [-0.1, -0.05) is 30.7 Å². The summed E-state index contributed by atoms with van der Waals surface area (Å²) in [6, 6.07) is 9.28. The Kier molecular flexibility index (Phi) is 4.19. The summed E-state index contributed by atoms with van der Waals surface area (Å²) in [5, 5.41) is 10.7. The number of aryl methyl sites for hydroxylation is 1. The molecular formula is C21H18ClNO4. The minimum Gasteiger partial charge on any atom is -0.508 e. The van der Waals surface area contributed by atoms with Crippen LogP contribution in [-0.4, -0.2) is 22.5 Å². The number of benzene rings is 2. The minimum absolute atomic E-state index is 0.0658. The van der Waals surface area contributed by atoms with Crippen molar-refractivity contribution in [1.82, 2.24) is 4.90 Å². The fourth-order valence-electron chi connectivity index (χ4n) is 3.65. The van der Waals surface area contributed by atoms with Gasteiger partial charge in [0.2, 0.25) is 5.76 Å². The summed E-state index contributed by atoms with van der Waals surface area (Å²) in [5.74, 6) is -0.170. The second kappa shape index (κ2) is 6.43. The SMILES string of the molecule is CCCN1C(=O)c2oc3cc(C)c(Cl)cc3c(=O)c2[C@H]1c1cccc(O)c1. The predicted octanol–water partition coefficient (Wildman–Crippen LogP) is 4.42. The number of rotatable bonds is 3. The molecule has 1 atom stereocenters. The zero-order valence-corrected chi connectivity index (χ0v) is 15.7. The van der Waals surface area contributed by atoms with Crippen LogP contribution in [0.25, 0.3) is 11.0 Å². The van der Waals surface area contributed by atoms with Crippen LogP contribution in [0.4, 0.5) is 0 Å². The van der Waals surface area contributed by atoms with E-state index in [0.717, 1.165) is 12.0 Å². The zero-order valence-electron chi connectivity index (χ0n) is 15.0. The summed E-state index contributed by atoms with van der Waals surface area (Å²) in [7, 11) is 0. The number of carbonyl (C=O) groups excluding carboxylic acids is 1. The van der Waals surface area contributed by atoms with Crippen molar-refractivity contribution in [3.63, 3.8) is 0 Å². The molecule has 3 aromatic rings. The fourth-order valence-corrected chi connectivity index (χ4v) is 3.82. The van der Waals surface area contributed by atoms with Crippen molar-refractivity contribution < 1.29 is 14.3 Å². The van der Waals surface area contributed by atoms with Crippen LogP contribution in [0.3, 0.4) is 0 Å². The average Bonchev–Trinajstić information content (AvgIpc) is 2.90. The van der Waals surface area contributed by atoms with E-state index in [1.165, 1.54) is 0 Å². The number of amides is 1. The molecule has 1 aliphatic rings. The first-order valence-electron chi connectivity index (χ1n) is 8.79. The van der Waals surface area contributed by atoms with E-state index in [-0.39, 0.29) is 22.8 Å². The molecule has 27 heavy (non-hydrogen) atoms. The van der Waals surface area contributed by atoms with Crippen LogP contribution in [0.1, 0.15) is 46.6 Å². The topological polar surface area (TPSA) is 70.8 Å². The maximum Gasteiger partial charge on any atom is 0.290 e. The Bertz CT molecular complexity index is 1130. The van der Waals surface area contributed by atoms with E-state index in [9.17, 15) is 14.7 Å². The lowest BCUT2D eigenvalue weighted by atomic mass is 9.98. The molecular weight excluding hydrogens is 366 g/mol. The van der Waals surface area contributed by atoms with Crippen LogP contribution >= 0.6 is 11.6 Å². The van der Waals surface area contributed by atoms with Crippen molar-refractivity contribution in [1.29, 1.82) is 0 Å². The minimum atomic E-state index is -0.597. The van der Waals surface area contributed by atoms with Crippen molar-refractivity contribution in [2.75, 3.05) is 6.54 Å². The standard InChI is InChI=1S/C21H18ClNO4/c1-3-7-23-18(12-5-4-6-13(24)9-12)17-19(25)14-10-15(22)11(2)8-16(14)27-20(17)21(23)26/h4-6,8-10,18,24H,3,7H2,1-2H3/t18-/m1/s1. The molecule has 0 spiro atoms. The first-order chi connectivity index (χ1) is 12.9. The monoisotopic (exact) mass is 383 g/mol. The van der Waals surface area contributed by atoms with Crippen molar-refractivity contribution in [2.45, 2.75) is 26.3 Å². The zero-order chi connectivity index (χ0) is 19.3. The van der Waals surface area contributed by atoms with E-state index in [1.54, 1.807) is 41.3 Å². The lowest BCUT2D eigenvalue weighted by Gasteiger charge is -2.24. The second-order valence-corrected chi connectivity index (χ2v) is 7.17. The number of fused-ring (bicyclic) bond motifs is 2. The Balaban J connectivity index is 2.04. The van der Waals surface area contributed by atoms with Gasteiger partial charge in [-0.2, -0.15) is 0 Å². The van der Waals surface area contributed by atoms with Crippen LogP contribution in [-0.2, 0) is 0 Å². The predicted molar refractivity (Wildman–Crippen MR) is 104 cm³/mol. The molecule has 1 amide bonds. The van der Waals surface area contributed by atoms with Gasteiger partial charge in [0.15, 0.2) is 5.43 Å². The van der Waals surface area contributed by atoms with Gasteiger partial charge in [0, 0.05) is 11.6 Å².